The summed E-state index contributed by atoms with van der Waals surface area (Å²) >= 11 is 0. The van der Waals surface area contributed by atoms with E-state index >= 15 is 0 Å². The Morgan fingerprint density at radius 3 is 2.86 bits per heavy atom. The maximum Gasteiger partial charge on any atom is 0.254 e. The quantitative estimate of drug-likeness (QED) is 0.903. The molecule has 0 atom stereocenters. The number of nitrogens with zero attached hydrogens (tertiary/aromatic N) is 5. The van der Waals surface area contributed by atoms with Gasteiger partial charge in [0.1, 0.15) is 5.82 Å². The standard InChI is InChI=1S/C15H20N6O/c22-15(20-8-2-1-3-9-20)13-4-5-16-14(12-13)17-6-10-21-11-7-18-19-21/h4-5,7,11-12H,1-3,6,8-10H2,(H,16,17). The van der Waals surface area contributed by atoms with Crippen molar-refractivity contribution >= 4 is 11.7 Å². The fraction of sp³-hybridized carbons (Fsp3) is 0.467. The molecule has 0 saturated carbocycles. The van der Waals surface area contributed by atoms with Crippen molar-refractivity contribution in [1.29, 1.82) is 0 Å². The fourth-order valence-electron chi connectivity index (χ4n) is 2.59. The molecule has 1 N–H and O–H groups in total. The molecule has 1 amide bonds. The number of piperidine rings is 1. The van der Waals surface area contributed by atoms with E-state index in [4.69, 9.17) is 0 Å². The van der Waals surface area contributed by atoms with Gasteiger partial charge in [-0.3, -0.25) is 9.48 Å². The molecule has 0 bridgehead atoms. The van der Waals surface area contributed by atoms with Crippen molar-refractivity contribution in [2.45, 2.75) is 25.8 Å². The first-order chi connectivity index (χ1) is 10.8. The largest absolute Gasteiger partial charge is 0.368 e. The van der Waals surface area contributed by atoms with Crippen LogP contribution < -0.4 is 5.32 Å². The van der Waals surface area contributed by atoms with Crippen LogP contribution in [0.3, 0.4) is 0 Å². The van der Waals surface area contributed by atoms with Crippen LogP contribution in [0.5, 0.6) is 0 Å². The van der Waals surface area contributed by atoms with Crippen LogP contribution in [0.15, 0.2) is 30.7 Å². The summed E-state index contributed by atoms with van der Waals surface area (Å²) in [5, 5.41) is 10.9. The number of likely N-dealkylation sites (tertiary alicyclic amines) is 1. The molecule has 3 rings (SSSR count). The van der Waals surface area contributed by atoms with Gasteiger partial charge in [-0.25, -0.2) is 4.98 Å². The van der Waals surface area contributed by atoms with Crippen LogP contribution in [-0.4, -0.2) is 50.4 Å². The summed E-state index contributed by atoms with van der Waals surface area (Å²) in [5.74, 6) is 0.810. The van der Waals surface area contributed by atoms with E-state index < -0.39 is 0 Å². The Balaban J connectivity index is 1.58. The minimum atomic E-state index is 0.0985. The maximum atomic E-state index is 12.5. The van der Waals surface area contributed by atoms with Crippen LogP contribution in [-0.2, 0) is 6.54 Å². The molecule has 1 aliphatic rings. The Morgan fingerprint density at radius 2 is 2.09 bits per heavy atom. The SMILES string of the molecule is O=C(c1ccnc(NCCn2ccnn2)c1)N1CCCCC1. The molecule has 7 nitrogen and oxygen atoms in total. The number of hydrogen-bond donors (Lipinski definition) is 1. The number of carbonyl (C=O) groups is 1. The smallest absolute Gasteiger partial charge is 0.254 e. The number of carbonyl (C=O) groups excluding carboxylic acids is 1. The molecule has 2 aromatic rings. The van der Waals surface area contributed by atoms with Gasteiger partial charge in [-0.05, 0) is 31.4 Å². The lowest BCUT2D eigenvalue weighted by Crippen LogP contribution is -2.35. The van der Waals surface area contributed by atoms with Gasteiger partial charge in [0.15, 0.2) is 0 Å². The van der Waals surface area contributed by atoms with E-state index in [9.17, 15) is 4.79 Å². The van der Waals surface area contributed by atoms with E-state index in [0.717, 1.165) is 25.9 Å². The third-order valence-corrected chi connectivity index (χ3v) is 3.77. The van der Waals surface area contributed by atoms with Gasteiger partial charge in [-0.1, -0.05) is 5.21 Å². The van der Waals surface area contributed by atoms with Gasteiger partial charge in [-0.2, -0.15) is 0 Å². The number of anilines is 1. The van der Waals surface area contributed by atoms with Crippen molar-refractivity contribution < 1.29 is 4.79 Å². The molecule has 0 radical (unpaired) electrons. The number of amides is 1. The first-order valence-electron chi connectivity index (χ1n) is 7.66. The summed E-state index contributed by atoms with van der Waals surface area (Å²) in [4.78, 5) is 18.6. The molecule has 3 heterocycles. The van der Waals surface area contributed by atoms with E-state index in [1.165, 1.54) is 6.42 Å². The molecule has 0 aromatic carbocycles. The maximum absolute atomic E-state index is 12.5. The number of rotatable bonds is 5. The summed E-state index contributed by atoms with van der Waals surface area (Å²) in [7, 11) is 0. The van der Waals surface area contributed by atoms with Gasteiger partial charge in [0.05, 0.1) is 12.7 Å². The lowest BCUT2D eigenvalue weighted by molar-refractivity contribution is 0.0724. The van der Waals surface area contributed by atoms with Crippen molar-refractivity contribution in [3.05, 3.63) is 36.3 Å². The van der Waals surface area contributed by atoms with Crippen molar-refractivity contribution in [2.75, 3.05) is 25.0 Å². The predicted octanol–water partition coefficient (Wildman–Crippen LogP) is 1.41. The van der Waals surface area contributed by atoms with Gasteiger partial charge >= 0.3 is 0 Å². The highest BCUT2D eigenvalue weighted by Gasteiger charge is 2.18. The van der Waals surface area contributed by atoms with Crippen LogP contribution in [0.25, 0.3) is 0 Å². The Hall–Kier alpha value is -2.44. The predicted molar refractivity (Wildman–Crippen MR) is 82.5 cm³/mol. The molecule has 22 heavy (non-hydrogen) atoms. The van der Waals surface area contributed by atoms with Gasteiger partial charge in [0, 0.05) is 37.6 Å². The highest BCUT2D eigenvalue weighted by atomic mass is 16.2. The zero-order chi connectivity index (χ0) is 15.2. The average molecular weight is 300 g/mol. The molecule has 1 saturated heterocycles. The second kappa shape index (κ2) is 7.02. The first-order valence-corrected chi connectivity index (χ1v) is 7.66. The van der Waals surface area contributed by atoms with Gasteiger partial charge in [0.2, 0.25) is 0 Å². The first kappa shape index (κ1) is 14.5. The molecule has 7 heteroatoms. The fourth-order valence-corrected chi connectivity index (χ4v) is 2.59. The van der Waals surface area contributed by atoms with E-state index in [0.29, 0.717) is 24.5 Å². The van der Waals surface area contributed by atoms with Gasteiger partial charge in [0.25, 0.3) is 5.91 Å². The minimum Gasteiger partial charge on any atom is -0.368 e. The van der Waals surface area contributed by atoms with Crippen LogP contribution >= 0.6 is 0 Å². The van der Waals surface area contributed by atoms with Crippen LogP contribution in [0.2, 0.25) is 0 Å². The summed E-state index contributed by atoms with van der Waals surface area (Å²) in [5.41, 5.74) is 0.695. The van der Waals surface area contributed by atoms with E-state index in [1.54, 1.807) is 23.1 Å². The van der Waals surface area contributed by atoms with E-state index in [2.05, 4.69) is 20.6 Å². The lowest BCUT2D eigenvalue weighted by Gasteiger charge is -2.26. The monoisotopic (exact) mass is 300 g/mol. The van der Waals surface area contributed by atoms with Crippen molar-refractivity contribution in [2.24, 2.45) is 0 Å². The molecule has 2 aromatic heterocycles. The summed E-state index contributed by atoms with van der Waals surface area (Å²) in [6, 6.07) is 3.60. The molecular formula is C15H20N6O. The normalized spacial score (nSPS) is 14.8. The topological polar surface area (TPSA) is 75.9 Å². The van der Waals surface area contributed by atoms with Gasteiger partial charge in [-0.15, -0.1) is 5.10 Å². The van der Waals surface area contributed by atoms with Crippen molar-refractivity contribution in [1.82, 2.24) is 24.9 Å². The average Bonchev–Trinajstić information content (AvgIpc) is 3.09. The molecule has 0 unspecified atom stereocenters. The third kappa shape index (κ3) is 3.60. The molecule has 116 valence electrons. The van der Waals surface area contributed by atoms with Crippen LogP contribution in [0.1, 0.15) is 29.6 Å². The van der Waals surface area contributed by atoms with E-state index in [1.807, 2.05) is 17.2 Å². The Morgan fingerprint density at radius 1 is 1.23 bits per heavy atom. The van der Waals surface area contributed by atoms with Crippen LogP contribution in [0.4, 0.5) is 5.82 Å². The van der Waals surface area contributed by atoms with Crippen LogP contribution in [0, 0.1) is 0 Å². The number of nitrogens with one attached hydrogen (secondary N) is 1. The van der Waals surface area contributed by atoms with Crippen molar-refractivity contribution in [3.63, 3.8) is 0 Å². The zero-order valence-electron chi connectivity index (χ0n) is 12.5. The van der Waals surface area contributed by atoms with E-state index in [-0.39, 0.29) is 5.91 Å². The second-order valence-electron chi connectivity index (χ2n) is 5.38. The van der Waals surface area contributed by atoms with Gasteiger partial charge < -0.3 is 10.2 Å². The summed E-state index contributed by atoms with van der Waals surface area (Å²) < 4.78 is 1.75. The molecule has 0 spiro atoms. The highest BCUT2D eigenvalue weighted by Crippen LogP contribution is 2.14. The highest BCUT2D eigenvalue weighted by molar-refractivity contribution is 5.94. The zero-order valence-corrected chi connectivity index (χ0v) is 12.5. The number of hydrogen-bond acceptors (Lipinski definition) is 5. The Labute approximate surface area is 129 Å². The molecule has 0 aliphatic carbocycles. The molecule has 1 fully saturated rings. The Bertz CT molecular complexity index is 606. The Kier molecular flexibility index (Phi) is 4.62. The minimum absolute atomic E-state index is 0.0985. The second-order valence-corrected chi connectivity index (χ2v) is 5.38. The van der Waals surface area contributed by atoms with Crippen molar-refractivity contribution in [3.8, 4) is 0 Å². The summed E-state index contributed by atoms with van der Waals surface area (Å²) in [6.45, 7) is 3.09. The molecular weight excluding hydrogens is 280 g/mol. The number of aromatic nitrogens is 4. The number of pyridine rings is 1. The third-order valence-electron chi connectivity index (χ3n) is 3.77. The summed E-state index contributed by atoms with van der Waals surface area (Å²) in [6.07, 6.45) is 8.55. The lowest BCUT2D eigenvalue weighted by atomic mass is 10.1. The molecule has 1 aliphatic heterocycles.